The Hall–Kier alpha value is -2.74. The van der Waals surface area contributed by atoms with Gasteiger partial charge in [0.15, 0.2) is 5.13 Å². The van der Waals surface area contributed by atoms with Crippen LogP contribution in [0, 0.1) is 5.92 Å². The van der Waals surface area contributed by atoms with Gasteiger partial charge in [0.2, 0.25) is 5.91 Å². The first-order valence-electron chi connectivity index (χ1n) is 9.04. The molecule has 1 fully saturated rings. The van der Waals surface area contributed by atoms with Crippen molar-refractivity contribution in [2.45, 2.75) is 25.3 Å². The number of rotatable bonds is 4. The average Bonchev–Trinajstić information content (AvgIpc) is 3.38. The molecule has 3 heterocycles. The summed E-state index contributed by atoms with van der Waals surface area (Å²) in [6.07, 6.45) is 4.07. The number of anilines is 1. The highest BCUT2D eigenvalue weighted by atomic mass is 32.1. The van der Waals surface area contributed by atoms with Crippen LogP contribution < -0.4 is 10.6 Å². The Morgan fingerprint density at radius 3 is 2.56 bits per heavy atom. The number of amides is 2. The number of nitrogens with two attached hydrogens (primary N) is 1. The molecule has 0 radical (unpaired) electrons. The smallest absolute Gasteiger partial charge is 0.268 e. The predicted molar refractivity (Wildman–Crippen MR) is 105 cm³/mol. The average molecular weight is 383 g/mol. The minimum Gasteiger partial charge on any atom is -0.364 e. The lowest BCUT2D eigenvalue weighted by Gasteiger charge is -2.33. The zero-order chi connectivity index (χ0) is 18.8. The molecular weight excluding hydrogens is 362 g/mol. The highest BCUT2D eigenvalue weighted by Crippen LogP contribution is 2.33. The maximum Gasteiger partial charge on any atom is 0.268 e. The predicted octanol–water partition coefficient (Wildman–Crippen LogP) is 2.42. The minimum absolute atomic E-state index is 0.00572. The summed E-state index contributed by atoms with van der Waals surface area (Å²) in [7, 11) is 0. The van der Waals surface area contributed by atoms with Gasteiger partial charge in [0.1, 0.15) is 5.69 Å². The second kappa shape index (κ2) is 7.48. The summed E-state index contributed by atoms with van der Waals surface area (Å²) < 4.78 is 0. The number of carbonyl (C=O) groups excluding carboxylic acids is 2. The molecule has 2 amide bonds. The molecule has 1 aromatic carbocycles. The minimum atomic E-state index is -0.513. The molecular formula is C19H21N5O2S. The van der Waals surface area contributed by atoms with Crippen molar-refractivity contribution in [2.75, 3.05) is 18.0 Å². The number of nitrogens with zero attached hydrogens (tertiary/aromatic N) is 4. The summed E-state index contributed by atoms with van der Waals surface area (Å²) in [6, 6.07) is 10.0. The standard InChI is InChI=1S/C19H21N5O2S/c20-17(25)15-12-27-19(22-15)23-10-7-14(8-11-23)18(26)24-16(6-9-21-24)13-4-2-1-3-5-13/h1-5,9,12,14,16H,6-8,10-11H2,(H2,20,25). The first-order chi connectivity index (χ1) is 13.1. The van der Waals surface area contributed by atoms with Gasteiger partial charge in [-0.15, -0.1) is 11.3 Å². The van der Waals surface area contributed by atoms with E-state index in [4.69, 9.17) is 5.73 Å². The molecule has 140 valence electrons. The van der Waals surface area contributed by atoms with E-state index in [0.29, 0.717) is 5.69 Å². The van der Waals surface area contributed by atoms with Crippen LogP contribution in [0.15, 0.2) is 40.8 Å². The molecule has 27 heavy (non-hydrogen) atoms. The van der Waals surface area contributed by atoms with E-state index in [9.17, 15) is 9.59 Å². The summed E-state index contributed by atoms with van der Waals surface area (Å²) in [5.74, 6) is -0.464. The number of piperidine rings is 1. The molecule has 7 nitrogen and oxygen atoms in total. The summed E-state index contributed by atoms with van der Waals surface area (Å²) in [4.78, 5) is 30.7. The van der Waals surface area contributed by atoms with Crippen molar-refractivity contribution in [3.8, 4) is 0 Å². The number of hydrogen-bond donors (Lipinski definition) is 1. The number of carbonyl (C=O) groups is 2. The van der Waals surface area contributed by atoms with Crippen LogP contribution >= 0.6 is 11.3 Å². The van der Waals surface area contributed by atoms with Crippen LogP contribution in [-0.4, -0.2) is 41.1 Å². The second-order valence-electron chi connectivity index (χ2n) is 6.78. The third kappa shape index (κ3) is 3.57. The Bertz CT molecular complexity index is 858. The van der Waals surface area contributed by atoms with E-state index in [2.05, 4.69) is 15.0 Å². The van der Waals surface area contributed by atoms with Gasteiger partial charge in [-0.25, -0.2) is 9.99 Å². The SMILES string of the molecule is NC(=O)c1csc(N2CCC(C(=O)N3N=CCC3c3ccccc3)CC2)n1. The van der Waals surface area contributed by atoms with Gasteiger partial charge in [-0.05, 0) is 18.4 Å². The quantitative estimate of drug-likeness (QED) is 0.878. The van der Waals surface area contributed by atoms with E-state index in [1.54, 1.807) is 10.4 Å². The molecule has 0 spiro atoms. The highest BCUT2D eigenvalue weighted by molar-refractivity contribution is 7.13. The van der Waals surface area contributed by atoms with Crippen molar-refractivity contribution < 1.29 is 9.59 Å². The molecule has 0 aliphatic carbocycles. The molecule has 2 aliphatic heterocycles. The van der Waals surface area contributed by atoms with Crippen LogP contribution in [0.2, 0.25) is 0 Å². The van der Waals surface area contributed by atoms with Gasteiger partial charge in [0.05, 0.1) is 6.04 Å². The third-order valence-electron chi connectivity index (χ3n) is 5.10. The lowest BCUT2D eigenvalue weighted by Crippen LogP contribution is -2.41. The first kappa shape index (κ1) is 17.7. The lowest BCUT2D eigenvalue weighted by atomic mass is 9.94. The Kier molecular flexibility index (Phi) is 4.89. The van der Waals surface area contributed by atoms with Gasteiger partial charge in [-0.3, -0.25) is 9.59 Å². The topological polar surface area (TPSA) is 91.9 Å². The van der Waals surface area contributed by atoms with Crippen LogP contribution in [0.1, 0.15) is 41.4 Å². The number of hydrazone groups is 1. The Morgan fingerprint density at radius 2 is 1.89 bits per heavy atom. The number of thiazole rings is 1. The molecule has 1 saturated heterocycles. The molecule has 8 heteroatoms. The van der Waals surface area contributed by atoms with E-state index in [0.717, 1.165) is 43.0 Å². The third-order valence-corrected chi connectivity index (χ3v) is 6.00. The van der Waals surface area contributed by atoms with Crippen LogP contribution in [0.5, 0.6) is 0 Å². The van der Waals surface area contributed by atoms with Gasteiger partial charge in [0, 0.05) is 37.0 Å². The van der Waals surface area contributed by atoms with Crippen molar-refractivity contribution in [3.63, 3.8) is 0 Å². The molecule has 0 saturated carbocycles. The number of hydrogen-bond acceptors (Lipinski definition) is 6. The summed E-state index contributed by atoms with van der Waals surface area (Å²) in [5.41, 5.74) is 6.68. The second-order valence-corrected chi connectivity index (χ2v) is 7.62. The zero-order valence-electron chi connectivity index (χ0n) is 14.8. The van der Waals surface area contributed by atoms with Crippen molar-refractivity contribution in [1.29, 1.82) is 0 Å². The van der Waals surface area contributed by atoms with Gasteiger partial charge >= 0.3 is 0 Å². The molecule has 4 rings (SSSR count). The van der Waals surface area contributed by atoms with Gasteiger partial charge in [-0.1, -0.05) is 30.3 Å². The molecule has 1 aromatic heterocycles. The van der Waals surface area contributed by atoms with E-state index in [1.807, 2.05) is 36.5 Å². The van der Waals surface area contributed by atoms with Crippen LogP contribution in [0.3, 0.4) is 0 Å². The molecule has 0 bridgehead atoms. The van der Waals surface area contributed by atoms with Gasteiger partial charge in [0.25, 0.3) is 5.91 Å². The van der Waals surface area contributed by atoms with E-state index in [-0.39, 0.29) is 17.9 Å². The zero-order valence-corrected chi connectivity index (χ0v) is 15.6. The lowest BCUT2D eigenvalue weighted by molar-refractivity contribution is -0.138. The van der Waals surface area contributed by atoms with Crippen LogP contribution in [0.4, 0.5) is 5.13 Å². The van der Waals surface area contributed by atoms with Crippen molar-refractivity contribution >= 4 is 34.5 Å². The molecule has 2 aliphatic rings. The monoisotopic (exact) mass is 383 g/mol. The van der Waals surface area contributed by atoms with Gasteiger partial charge in [-0.2, -0.15) is 5.10 Å². The van der Waals surface area contributed by atoms with Crippen molar-refractivity contribution in [2.24, 2.45) is 16.8 Å². The Balaban J connectivity index is 1.39. The van der Waals surface area contributed by atoms with Crippen molar-refractivity contribution in [3.05, 3.63) is 47.0 Å². The maximum atomic E-state index is 13.0. The molecule has 1 atom stereocenters. The summed E-state index contributed by atoms with van der Waals surface area (Å²) in [6.45, 7) is 1.46. The fourth-order valence-electron chi connectivity index (χ4n) is 3.61. The Morgan fingerprint density at radius 1 is 1.15 bits per heavy atom. The maximum absolute atomic E-state index is 13.0. The number of benzene rings is 1. The molecule has 1 unspecified atom stereocenters. The fourth-order valence-corrected chi connectivity index (χ4v) is 4.47. The number of primary amides is 1. The van der Waals surface area contributed by atoms with Crippen molar-refractivity contribution in [1.82, 2.24) is 9.99 Å². The number of aromatic nitrogens is 1. The van der Waals surface area contributed by atoms with E-state index >= 15 is 0 Å². The van der Waals surface area contributed by atoms with Crippen LogP contribution in [0.25, 0.3) is 0 Å². The molecule has 2 aromatic rings. The largest absolute Gasteiger partial charge is 0.364 e. The summed E-state index contributed by atoms with van der Waals surface area (Å²) >= 11 is 1.41. The fraction of sp³-hybridized carbons (Fsp3) is 0.368. The highest BCUT2D eigenvalue weighted by Gasteiger charge is 2.35. The first-order valence-corrected chi connectivity index (χ1v) is 9.92. The van der Waals surface area contributed by atoms with E-state index < -0.39 is 5.91 Å². The van der Waals surface area contributed by atoms with Gasteiger partial charge < -0.3 is 10.6 Å². The normalized spacial score (nSPS) is 20.2. The molecule has 2 N–H and O–H groups in total. The van der Waals surface area contributed by atoms with E-state index in [1.165, 1.54) is 11.3 Å². The Labute approximate surface area is 161 Å². The summed E-state index contributed by atoms with van der Waals surface area (Å²) in [5, 5.41) is 8.48. The van der Waals surface area contributed by atoms with Crippen LogP contribution in [-0.2, 0) is 4.79 Å².